The van der Waals surface area contributed by atoms with Crippen molar-refractivity contribution in [1.82, 2.24) is 0 Å². The van der Waals surface area contributed by atoms with Crippen molar-refractivity contribution < 1.29 is 23.8 Å². The zero-order valence-corrected chi connectivity index (χ0v) is 12.5. The van der Waals surface area contributed by atoms with Crippen LogP contribution in [0.1, 0.15) is 59.8 Å². The van der Waals surface area contributed by atoms with E-state index < -0.39 is 11.9 Å². The van der Waals surface area contributed by atoms with E-state index in [1.54, 1.807) is 6.92 Å². The third-order valence-corrected chi connectivity index (χ3v) is 2.42. The molecule has 0 saturated carbocycles. The van der Waals surface area contributed by atoms with Gasteiger partial charge in [0.2, 0.25) is 0 Å². The standard InChI is InChI=1S/C14H26O5/c1-5-7-9-17-14(4,18-10-8-6-2)19-13(16)11-12(3)15/h5-11H2,1-4H3. The minimum absolute atomic E-state index is 0.241. The van der Waals surface area contributed by atoms with Gasteiger partial charge in [-0.25, -0.2) is 0 Å². The summed E-state index contributed by atoms with van der Waals surface area (Å²) in [5.41, 5.74) is 0. The van der Waals surface area contributed by atoms with Crippen LogP contribution in [-0.2, 0) is 23.8 Å². The van der Waals surface area contributed by atoms with Gasteiger partial charge in [-0.05, 0) is 19.8 Å². The fraction of sp³-hybridized carbons (Fsp3) is 0.857. The van der Waals surface area contributed by atoms with Crippen LogP contribution >= 0.6 is 0 Å². The smallest absolute Gasteiger partial charge is 0.326 e. The number of carbonyl (C=O) groups excluding carboxylic acids is 2. The molecular formula is C14H26O5. The van der Waals surface area contributed by atoms with Gasteiger partial charge in [0.05, 0.1) is 13.2 Å². The summed E-state index contributed by atoms with van der Waals surface area (Å²) in [6.07, 6.45) is 3.41. The maximum atomic E-state index is 11.5. The molecule has 5 nitrogen and oxygen atoms in total. The summed E-state index contributed by atoms with van der Waals surface area (Å²) in [5.74, 6) is -2.26. The van der Waals surface area contributed by atoms with Crippen molar-refractivity contribution >= 4 is 11.8 Å². The zero-order valence-electron chi connectivity index (χ0n) is 12.5. The zero-order chi connectivity index (χ0) is 14.7. The lowest BCUT2D eigenvalue weighted by atomic mass is 10.3. The average Bonchev–Trinajstić information content (AvgIpc) is 2.28. The lowest BCUT2D eigenvalue weighted by Crippen LogP contribution is -2.39. The van der Waals surface area contributed by atoms with Gasteiger partial charge in [0.25, 0.3) is 0 Å². The quantitative estimate of drug-likeness (QED) is 0.251. The monoisotopic (exact) mass is 274 g/mol. The molecule has 0 aliphatic heterocycles. The summed E-state index contributed by atoms with van der Waals surface area (Å²) in [5, 5.41) is 0. The van der Waals surface area contributed by atoms with Crippen LogP contribution in [0, 0.1) is 0 Å². The molecule has 0 atom stereocenters. The van der Waals surface area contributed by atoms with E-state index in [0.29, 0.717) is 13.2 Å². The molecule has 0 bridgehead atoms. The molecule has 0 saturated heterocycles. The van der Waals surface area contributed by atoms with E-state index in [2.05, 4.69) is 0 Å². The summed E-state index contributed by atoms with van der Waals surface area (Å²) in [7, 11) is 0. The third kappa shape index (κ3) is 9.62. The second-order valence-electron chi connectivity index (χ2n) is 4.62. The predicted molar refractivity (Wildman–Crippen MR) is 71.5 cm³/mol. The number of hydrogen-bond acceptors (Lipinski definition) is 5. The Morgan fingerprint density at radius 1 is 1.00 bits per heavy atom. The van der Waals surface area contributed by atoms with E-state index in [1.165, 1.54) is 6.92 Å². The van der Waals surface area contributed by atoms with Gasteiger partial charge in [-0.15, -0.1) is 0 Å². The van der Waals surface area contributed by atoms with E-state index >= 15 is 0 Å². The van der Waals surface area contributed by atoms with Crippen molar-refractivity contribution in [3.8, 4) is 0 Å². The fourth-order valence-electron chi connectivity index (χ4n) is 1.35. The van der Waals surface area contributed by atoms with Gasteiger partial charge in [-0.1, -0.05) is 26.7 Å². The lowest BCUT2D eigenvalue weighted by molar-refractivity contribution is -0.352. The molecule has 5 heteroatoms. The van der Waals surface area contributed by atoms with Crippen LogP contribution in [0.15, 0.2) is 0 Å². The summed E-state index contributed by atoms with van der Waals surface area (Å²) in [6.45, 7) is 7.89. The Kier molecular flexibility index (Phi) is 9.43. The molecule has 0 unspecified atom stereocenters. The van der Waals surface area contributed by atoms with E-state index in [4.69, 9.17) is 14.2 Å². The summed E-state index contributed by atoms with van der Waals surface area (Å²) < 4.78 is 16.1. The van der Waals surface area contributed by atoms with Crippen LogP contribution in [0.2, 0.25) is 0 Å². The fourth-order valence-corrected chi connectivity index (χ4v) is 1.35. The molecule has 19 heavy (non-hydrogen) atoms. The van der Waals surface area contributed by atoms with Crippen LogP contribution < -0.4 is 0 Å². The number of ketones is 1. The van der Waals surface area contributed by atoms with Crippen molar-refractivity contribution in [2.24, 2.45) is 0 Å². The average molecular weight is 274 g/mol. The highest BCUT2D eigenvalue weighted by molar-refractivity contribution is 5.94. The van der Waals surface area contributed by atoms with Crippen molar-refractivity contribution in [1.29, 1.82) is 0 Å². The van der Waals surface area contributed by atoms with E-state index in [-0.39, 0.29) is 12.2 Å². The van der Waals surface area contributed by atoms with Crippen LogP contribution in [0.25, 0.3) is 0 Å². The molecule has 0 rings (SSSR count). The lowest BCUT2D eigenvalue weighted by Gasteiger charge is -2.29. The Labute approximate surface area is 115 Å². The van der Waals surface area contributed by atoms with Crippen molar-refractivity contribution in [2.75, 3.05) is 13.2 Å². The Bertz CT molecular complexity index is 265. The first-order valence-electron chi connectivity index (χ1n) is 6.92. The largest absolute Gasteiger partial charge is 0.408 e. The molecule has 0 aromatic carbocycles. The van der Waals surface area contributed by atoms with Gasteiger partial charge in [0.15, 0.2) is 0 Å². The second-order valence-corrected chi connectivity index (χ2v) is 4.62. The topological polar surface area (TPSA) is 61.8 Å². The second kappa shape index (κ2) is 9.92. The molecule has 112 valence electrons. The summed E-state index contributed by atoms with van der Waals surface area (Å²) in [6, 6.07) is 0. The van der Waals surface area contributed by atoms with Gasteiger partial charge < -0.3 is 14.2 Å². The van der Waals surface area contributed by atoms with E-state index in [1.807, 2.05) is 13.8 Å². The number of ether oxygens (including phenoxy) is 3. The number of hydrogen-bond donors (Lipinski definition) is 0. The van der Waals surface area contributed by atoms with Gasteiger partial charge in [0, 0.05) is 6.92 Å². The van der Waals surface area contributed by atoms with E-state index in [9.17, 15) is 9.59 Å². The van der Waals surface area contributed by atoms with Gasteiger partial charge in [-0.3, -0.25) is 9.59 Å². The van der Waals surface area contributed by atoms with Crippen LogP contribution in [-0.4, -0.2) is 30.9 Å². The van der Waals surface area contributed by atoms with Crippen molar-refractivity contribution in [2.45, 2.75) is 65.8 Å². The minimum Gasteiger partial charge on any atom is -0.408 e. The summed E-state index contributed by atoms with van der Waals surface area (Å²) in [4.78, 5) is 22.4. The van der Waals surface area contributed by atoms with Gasteiger partial charge in [0.1, 0.15) is 12.2 Å². The number of unbranched alkanes of at least 4 members (excludes halogenated alkanes) is 2. The SMILES string of the molecule is CCCCOC(C)(OCCCC)OC(=O)CC(C)=O. The Morgan fingerprint density at radius 2 is 1.47 bits per heavy atom. The molecule has 0 amide bonds. The summed E-state index contributed by atoms with van der Waals surface area (Å²) >= 11 is 0. The molecule has 0 spiro atoms. The molecule has 0 heterocycles. The van der Waals surface area contributed by atoms with Gasteiger partial charge in [-0.2, -0.15) is 0 Å². The maximum Gasteiger partial charge on any atom is 0.326 e. The predicted octanol–water partition coefficient (Wildman–Crippen LogP) is 2.82. The highest BCUT2D eigenvalue weighted by Crippen LogP contribution is 2.17. The molecule has 0 fully saturated rings. The van der Waals surface area contributed by atoms with Crippen molar-refractivity contribution in [3.63, 3.8) is 0 Å². The minimum atomic E-state index is -1.39. The molecule has 0 N–H and O–H groups in total. The highest BCUT2D eigenvalue weighted by Gasteiger charge is 2.31. The molecule has 0 aromatic heterocycles. The van der Waals surface area contributed by atoms with E-state index in [0.717, 1.165) is 25.7 Å². The first-order chi connectivity index (χ1) is 8.93. The highest BCUT2D eigenvalue weighted by atomic mass is 16.9. The van der Waals surface area contributed by atoms with Crippen LogP contribution in [0.5, 0.6) is 0 Å². The number of carbonyl (C=O) groups is 2. The molecule has 0 radical (unpaired) electrons. The Balaban J connectivity index is 4.36. The van der Waals surface area contributed by atoms with Gasteiger partial charge >= 0.3 is 11.9 Å². The molecule has 0 aliphatic carbocycles. The number of Topliss-reactive ketones (excluding diaryl/α,β-unsaturated/α-hetero) is 1. The first kappa shape index (κ1) is 18.1. The molecule has 0 aliphatic rings. The maximum absolute atomic E-state index is 11.5. The van der Waals surface area contributed by atoms with Crippen LogP contribution in [0.3, 0.4) is 0 Å². The first-order valence-corrected chi connectivity index (χ1v) is 6.92. The molecule has 0 aromatic rings. The normalized spacial score (nSPS) is 11.4. The molecular weight excluding hydrogens is 248 g/mol. The van der Waals surface area contributed by atoms with Crippen molar-refractivity contribution in [3.05, 3.63) is 0 Å². The number of esters is 1. The van der Waals surface area contributed by atoms with Crippen LogP contribution in [0.4, 0.5) is 0 Å². The Morgan fingerprint density at radius 3 is 1.84 bits per heavy atom. The number of rotatable bonds is 11. The third-order valence-electron chi connectivity index (χ3n) is 2.42. The Hall–Kier alpha value is -0.940.